The first-order valence-electron chi connectivity index (χ1n) is 7.27. The highest BCUT2D eigenvalue weighted by atomic mass is 33.1. The summed E-state index contributed by atoms with van der Waals surface area (Å²) in [4.78, 5) is 0. The first kappa shape index (κ1) is 15.5. The van der Waals surface area contributed by atoms with Crippen molar-refractivity contribution in [3.63, 3.8) is 0 Å². The lowest BCUT2D eigenvalue weighted by Gasteiger charge is -2.03. The molecule has 0 N–H and O–H groups in total. The first-order valence-corrected chi connectivity index (χ1v) is 9.76. The molecule has 2 aromatic rings. The number of benzene rings is 2. The Morgan fingerprint density at radius 3 is 1.35 bits per heavy atom. The van der Waals surface area contributed by atoms with E-state index in [0.717, 1.165) is 0 Å². The minimum absolute atomic E-state index is 1.21. The van der Waals surface area contributed by atoms with Crippen LogP contribution in [0.5, 0.6) is 0 Å². The topological polar surface area (TPSA) is 0 Å². The van der Waals surface area contributed by atoms with Gasteiger partial charge in [-0.1, -0.05) is 82.3 Å². The lowest BCUT2D eigenvalue weighted by molar-refractivity contribution is 0.933. The molecule has 0 saturated heterocycles. The molecule has 0 fully saturated rings. The number of aryl methyl sites for hydroxylation is 2. The maximum absolute atomic E-state index is 2.22. The fourth-order valence-electron chi connectivity index (χ4n) is 2.08. The molecule has 0 aliphatic heterocycles. The minimum Gasteiger partial charge on any atom is -0.0941 e. The van der Waals surface area contributed by atoms with Crippen molar-refractivity contribution in [2.45, 2.75) is 25.7 Å². The molecule has 20 heavy (non-hydrogen) atoms. The molecule has 2 heteroatoms. The largest absolute Gasteiger partial charge is 0.0941 e. The molecular weight excluding hydrogens is 280 g/mol. The highest BCUT2D eigenvalue weighted by Gasteiger charge is 1.95. The van der Waals surface area contributed by atoms with E-state index in [2.05, 4.69) is 60.7 Å². The predicted molar refractivity (Wildman–Crippen MR) is 94.4 cm³/mol. The molecule has 0 heterocycles. The van der Waals surface area contributed by atoms with Gasteiger partial charge in [-0.15, -0.1) is 0 Å². The van der Waals surface area contributed by atoms with Crippen molar-refractivity contribution >= 4 is 21.6 Å². The summed E-state index contributed by atoms with van der Waals surface area (Å²) in [7, 11) is 4.05. The Labute approximate surface area is 130 Å². The van der Waals surface area contributed by atoms with Gasteiger partial charge in [-0.25, -0.2) is 0 Å². The summed E-state index contributed by atoms with van der Waals surface area (Å²) in [6.07, 6.45) is 4.97. The van der Waals surface area contributed by atoms with Crippen LogP contribution >= 0.6 is 21.6 Å². The Balaban J connectivity index is 1.44. The van der Waals surface area contributed by atoms with E-state index >= 15 is 0 Å². The zero-order valence-corrected chi connectivity index (χ0v) is 13.5. The van der Waals surface area contributed by atoms with Gasteiger partial charge in [0, 0.05) is 11.5 Å². The average Bonchev–Trinajstić information content (AvgIpc) is 2.52. The SMILES string of the molecule is c1ccc(CCCSSCCCc2ccccc2)cc1. The zero-order valence-electron chi connectivity index (χ0n) is 11.8. The summed E-state index contributed by atoms with van der Waals surface area (Å²) in [5.41, 5.74) is 2.92. The molecule has 0 radical (unpaired) electrons. The van der Waals surface area contributed by atoms with Crippen LogP contribution < -0.4 is 0 Å². The third-order valence-electron chi connectivity index (χ3n) is 3.16. The molecule has 0 amide bonds. The van der Waals surface area contributed by atoms with Gasteiger partial charge in [-0.3, -0.25) is 0 Å². The van der Waals surface area contributed by atoms with Gasteiger partial charge in [0.05, 0.1) is 0 Å². The van der Waals surface area contributed by atoms with Crippen LogP contribution in [0.1, 0.15) is 24.0 Å². The van der Waals surface area contributed by atoms with Crippen molar-refractivity contribution in [1.29, 1.82) is 0 Å². The molecule has 0 bridgehead atoms. The number of hydrogen-bond donors (Lipinski definition) is 0. The molecule has 2 rings (SSSR count). The van der Waals surface area contributed by atoms with Gasteiger partial charge in [0.1, 0.15) is 0 Å². The van der Waals surface area contributed by atoms with E-state index in [4.69, 9.17) is 0 Å². The summed E-state index contributed by atoms with van der Waals surface area (Å²) in [6.45, 7) is 0. The van der Waals surface area contributed by atoms with Crippen molar-refractivity contribution in [2.75, 3.05) is 11.5 Å². The molecule has 0 aromatic heterocycles. The maximum atomic E-state index is 2.22. The molecule has 106 valence electrons. The smallest absolute Gasteiger partial charge is 0.00401 e. The molecule has 0 aliphatic rings. The third-order valence-corrected chi connectivity index (χ3v) is 5.73. The van der Waals surface area contributed by atoms with Crippen LogP contribution in [-0.4, -0.2) is 11.5 Å². The Bertz CT molecular complexity index is 408. The van der Waals surface area contributed by atoms with Crippen LogP contribution in [0.3, 0.4) is 0 Å². The lowest BCUT2D eigenvalue weighted by Crippen LogP contribution is -1.88. The summed E-state index contributed by atoms with van der Waals surface area (Å²) in [6, 6.07) is 21.6. The lowest BCUT2D eigenvalue weighted by atomic mass is 10.1. The van der Waals surface area contributed by atoms with Crippen LogP contribution in [-0.2, 0) is 12.8 Å². The van der Waals surface area contributed by atoms with E-state index in [0.29, 0.717) is 0 Å². The van der Waals surface area contributed by atoms with E-state index in [-0.39, 0.29) is 0 Å². The van der Waals surface area contributed by atoms with Gasteiger partial charge >= 0.3 is 0 Å². The molecule has 0 spiro atoms. The van der Waals surface area contributed by atoms with Gasteiger partial charge in [0.2, 0.25) is 0 Å². The second-order valence-electron chi connectivity index (χ2n) is 4.82. The van der Waals surface area contributed by atoms with E-state index < -0.39 is 0 Å². The van der Waals surface area contributed by atoms with Crippen LogP contribution in [0.25, 0.3) is 0 Å². The highest BCUT2D eigenvalue weighted by molar-refractivity contribution is 8.76. The van der Waals surface area contributed by atoms with Crippen molar-refractivity contribution in [3.05, 3.63) is 71.8 Å². The van der Waals surface area contributed by atoms with Crippen LogP contribution in [0, 0.1) is 0 Å². The molecular formula is C18H22S2. The Hall–Kier alpha value is -0.860. The summed E-state index contributed by atoms with van der Waals surface area (Å²) < 4.78 is 0. The molecule has 0 saturated carbocycles. The molecule has 0 aliphatic carbocycles. The van der Waals surface area contributed by atoms with Crippen molar-refractivity contribution in [3.8, 4) is 0 Å². The van der Waals surface area contributed by atoms with Crippen molar-refractivity contribution in [2.24, 2.45) is 0 Å². The Morgan fingerprint density at radius 1 is 0.550 bits per heavy atom. The monoisotopic (exact) mass is 302 g/mol. The van der Waals surface area contributed by atoms with E-state index in [1.807, 2.05) is 21.6 Å². The number of hydrogen-bond acceptors (Lipinski definition) is 2. The van der Waals surface area contributed by atoms with Gasteiger partial charge in [-0.05, 0) is 36.8 Å². The predicted octanol–water partition coefficient (Wildman–Crippen LogP) is 5.63. The fraction of sp³-hybridized carbons (Fsp3) is 0.333. The maximum Gasteiger partial charge on any atom is 0.00401 e. The zero-order chi connectivity index (χ0) is 13.9. The van der Waals surface area contributed by atoms with Gasteiger partial charge in [0.25, 0.3) is 0 Å². The standard InChI is InChI=1S/C18H22S2/c1-3-9-17(10-4-1)13-7-15-19-20-16-8-14-18-11-5-2-6-12-18/h1-6,9-12H,7-8,13-16H2. The number of rotatable bonds is 9. The third kappa shape index (κ3) is 6.53. The minimum atomic E-state index is 1.21. The van der Waals surface area contributed by atoms with Crippen molar-refractivity contribution in [1.82, 2.24) is 0 Å². The molecule has 2 aromatic carbocycles. The summed E-state index contributed by atoms with van der Waals surface area (Å²) >= 11 is 0. The highest BCUT2D eigenvalue weighted by Crippen LogP contribution is 2.24. The van der Waals surface area contributed by atoms with Gasteiger partial charge in [-0.2, -0.15) is 0 Å². The summed E-state index contributed by atoms with van der Waals surface area (Å²) in [5.74, 6) is 2.51. The average molecular weight is 303 g/mol. The van der Waals surface area contributed by atoms with E-state index in [1.54, 1.807) is 0 Å². The van der Waals surface area contributed by atoms with Crippen LogP contribution in [0.4, 0.5) is 0 Å². The van der Waals surface area contributed by atoms with E-state index in [9.17, 15) is 0 Å². The van der Waals surface area contributed by atoms with Gasteiger partial charge < -0.3 is 0 Å². The van der Waals surface area contributed by atoms with Crippen molar-refractivity contribution < 1.29 is 0 Å². The fourth-order valence-corrected chi connectivity index (χ4v) is 4.25. The molecule has 0 atom stereocenters. The second kappa shape index (κ2) is 9.95. The first-order chi connectivity index (χ1) is 9.95. The second-order valence-corrected chi connectivity index (χ2v) is 7.52. The van der Waals surface area contributed by atoms with Gasteiger partial charge in [0.15, 0.2) is 0 Å². The van der Waals surface area contributed by atoms with Crippen LogP contribution in [0.2, 0.25) is 0 Å². The quantitative estimate of drug-likeness (QED) is 0.434. The Morgan fingerprint density at radius 2 is 0.950 bits per heavy atom. The normalized spacial score (nSPS) is 10.6. The molecule has 0 unspecified atom stereocenters. The molecule has 0 nitrogen and oxygen atoms in total. The Kier molecular flexibility index (Phi) is 7.73. The van der Waals surface area contributed by atoms with E-state index in [1.165, 1.54) is 48.3 Å². The van der Waals surface area contributed by atoms with Crippen LogP contribution in [0.15, 0.2) is 60.7 Å². The summed E-state index contributed by atoms with van der Waals surface area (Å²) in [5, 5.41) is 0.